The van der Waals surface area contributed by atoms with Crippen LogP contribution in [0.4, 0.5) is 4.39 Å². The highest BCUT2D eigenvalue weighted by Crippen LogP contribution is 2.20. The second kappa shape index (κ2) is 4.33. The molecule has 4 nitrogen and oxygen atoms in total. The number of sulfone groups is 1. The molecule has 0 atom stereocenters. The maximum absolute atomic E-state index is 13.3. The lowest BCUT2D eigenvalue weighted by Crippen LogP contribution is -2.05. The van der Waals surface area contributed by atoms with Gasteiger partial charge in [0.2, 0.25) is 6.08 Å². The molecule has 0 unspecified atom stereocenters. The van der Waals surface area contributed by atoms with Crippen LogP contribution in [0.3, 0.4) is 0 Å². The van der Waals surface area contributed by atoms with Gasteiger partial charge in [0.15, 0.2) is 9.84 Å². The lowest BCUT2D eigenvalue weighted by molar-refractivity contribution is 0.558. The van der Waals surface area contributed by atoms with Crippen LogP contribution >= 0.6 is 0 Å². The summed E-state index contributed by atoms with van der Waals surface area (Å²) < 4.78 is 35.8. The summed E-state index contributed by atoms with van der Waals surface area (Å²) in [5.74, 6) is -0.837. The molecule has 1 rings (SSSR count). The van der Waals surface area contributed by atoms with Crippen molar-refractivity contribution < 1.29 is 17.6 Å². The van der Waals surface area contributed by atoms with Crippen molar-refractivity contribution >= 4 is 15.9 Å². The zero-order chi connectivity index (χ0) is 11.5. The largest absolute Gasteiger partial charge is 0.235 e. The van der Waals surface area contributed by atoms with Crippen molar-refractivity contribution in [3.8, 4) is 0 Å². The summed E-state index contributed by atoms with van der Waals surface area (Å²) in [7, 11) is -3.66. The molecule has 1 aromatic carbocycles. The first-order valence-electron chi connectivity index (χ1n) is 3.98. The number of benzene rings is 1. The predicted molar refractivity (Wildman–Crippen MR) is 51.3 cm³/mol. The van der Waals surface area contributed by atoms with Gasteiger partial charge in [-0.15, -0.1) is 0 Å². The van der Waals surface area contributed by atoms with Crippen LogP contribution < -0.4 is 0 Å². The lowest BCUT2D eigenvalue weighted by atomic mass is 10.2. The first kappa shape index (κ1) is 11.6. The van der Waals surface area contributed by atoms with Crippen LogP contribution in [0.15, 0.2) is 28.1 Å². The molecule has 0 saturated heterocycles. The minimum absolute atomic E-state index is 0.154. The average Bonchev–Trinajstić information content (AvgIpc) is 2.12. The quantitative estimate of drug-likeness (QED) is 0.575. The number of nitrogens with zero attached hydrogens (tertiary/aromatic N) is 1. The monoisotopic (exact) mass is 229 g/mol. The Bertz CT molecular complexity index is 518. The third-order valence-electron chi connectivity index (χ3n) is 1.73. The van der Waals surface area contributed by atoms with Gasteiger partial charge in [0.05, 0.1) is 6.54 Å². The summed E-state index contributed by atoms with van der Waals surface area (Å²) in [6.07, 6.45) is 2.17. The number of carbonyl (C=O) groups excluding carboxylic acids is 1. The SMILES string of the molecule is CS(=O)(=O)c1c(F)cccc1CN=C=O. The Kier molecular flexibility index (Phi) is 3.34. The van der Waals surface area contributed by atoms with E-state index in [1.807, 2.05) is 0 Å². The van der Waals surface area contributed by atoms with Gasteiger partial charge >= 0.3 is 0 Å². The van der Waals surface area contributed by atoms with Gasteiger partial charge in [0.1, 0.15) is 10.7 Å². The molecule has 0 amide bonds. The van der Waals surface area contributed by atoms with E-state index in [9.17, 15) is 17.6 Å². The fourth-order valence-electron chi connectivity index (χ4n) is 1.21. The first-order valence-corrected chi connectivity index (χ1v) is 5.87. The van der Waals surface area contributed by atoms with Gasteiger partial charge in [-0.25, -0.2) is 22.6 Å². The van der Waals surface area contributed by atoms with E-state index in [0.717, 1.165) is 12.3 Å². The zero-order valence-corrected chi connectivity index (χ0v) is 8.71. The van der Waals surface area contributed by atoms with Crippen molar-refractivity contribution in [1.29, 1.82) is 0 Å². The molecule has 0 spiro atoms. The summed E-state index contributed by atoms with van der Waals surface area (Å²) in [6.45, 7) is -0.191. The van der Waals surface area contributed by atoms with Crippen molar-refractivity contribution in [3.63, 3.8) is 0 Å². The van der Waals surface area contributed by atoms with Crippen LogP contribution in [-0.4, -0.2) is 20.8 Å². The Labute approximate surface area is 86.4 Å². The van der Waals surface area contributed by atoms with Gasteiger partial charge in [0.25, 0.3) is 0 Å². The van der Waals surface area contributed by atoms with Crippen molar-refractivity contribution in [2.75, 3.05) is 6.26 Å². The van der Waals surface area contributed by atoms with E-state index in [1.54, 1.807) is 0 Å². The van der Waals surface area contributed by atoms with Gasteiger partial charge in [-0.05, 0) is 11.6 Å². The summed E-state index contributed by atoms with van der Waals surface area (Å²) >= 11 is 0. The van der Waals surface area contributed by atoms with Crippen LogP contribution in [0.25, 0.3) is 0 Å². The van der Waals surface area contributed by atoms with Crippen LogP contribution in [-0.2, 0) is 21.2 Å². The Hall–Kier alpha value is -1.52. The summed E-state index contributed by atoms with van der Waals surface area (Å²) in [5, 5.41) is 0. The van der Waals surface area contributed by atoms with E-state index in [2.05, 4.69) is 4.99 Å². The molecular formula is C9H8FNO3S. The van der Waals surface area contributed by atoms with Gasteiger partial charge in [-0.3, -0.25) is 0 Å². The molecule has 0 aromatic heterocycles. The molecule has 0 radical (unpaired) electrons. The van der Waals surface area contributed by atoms with E-state index < -0.39 is 20.5 Å². The molecular weight excluding hydrogens is 221 g/mol. The van der Waals surface area contributed by atoms with Gasteiger partial charge < -0.3 is 0 Å². The molecule has 15 heavy (non-hydrogen) atoms. The molecule has 0 N–H and O–H groups in total. The van der Waals surface area contributed by atoms with E-state index in [-0.39, 0.29) is 12.1 Å². The number of halogens is 1. The smallest absolute Gasteiger partial charge is 0.224 e. The van der Waals surface area contributed by atoms with Crippen LogP contribution in [0.2, 0.25) is 0 Å². The van der Waals surface area contributed by atoms with Crippen LogP contribution in [0.5, 0.6) is 0 Å². The Morgan fingerprint density at radius 2 is 2.13 bits per heavy atom. The van der Waals surface area contributed by atoms with Crippen molar-refractivity contribution in [2.24, 2.45) is 4.99 Å². The Morgan fingerprint density at radius 3 is 2.67 bits per heavy atom. The number of hydrogen-bond donors (Lipinski definition) is 0. The first-order chi connectivity index (χ1) is 6.96. The third kappa shape index (κ3) is 2.71. The number of rotatable bonds is 3. The maximum atomic E-state index is 13.3. The highest BCUT2D eigenvalue weighted by atomic mass is 32.2. The molecule has 80 valence electrons. The van der Waals surface area contributed by atoms with E-state index >= 15 is 0 Å². The minimum atomic E-state index is -3.66. The minimum Gasteiger partial charge on any atom is -0.224 e. The molecule has 0 aliphatic rings. The number of hydrogen-bond acceptors (Lipinski definition) is 4. The molecule has 0 aliphatic heterocycles. The van der Waals surface area contributed by atoms with Gasteiger partial charge in [-0.1, -0.05) is 12.1 Å². The molecule has 0 saturated carbocycles. The molecule has 0 aliphatic carbocycles. The fraction of sp³-hybridized carbons (Fsp3) is 0.222. The Balaban J connectivity index is 3.39. The topological polar surface area (TPSA) is 63.6 Å². The second-order valence-electron chi connectivity index (χ2n) is 2.91. The average molecular weight is 229 g/mol. The number of aliphatic imine (C=N–C) groups is 1. The highest BCUT2D eigenvalue weighted by Gasteiger charge is 2.17. The van der Waals surface area contributed by atoms with E-state index in [0.29, 0.717) is 0 Å². The highest BCUT2D eigenvalue weighted by molar-refractivity contribution is 7.90. The third-order valence-corrected chi connectivity index (χ3v) is 2.93. The molecule has 0 heterocycles. The maximum Gasteiger partial charge on any atom is 0.235 e. The summed E-state index contributed by atoms with van der Waals surface area (Å²) in [6, 6.07) is 3.81. The summed E-state index contributed by atoms with van der Waals surface area (Å²) in [4.78, 5) is 12.7. The number of isocyanates is 1. The Morgan fingerprint density at radius 1 is 1.47 bits per heavy atom. The zero-order valence-electron chi connectivity index (χ0n) is 7.90. The van der Waals surface area contributed by atoms with Gasteiger partial charge in [-0.2, -0.15) is 0 Å². The van der Waals surface area contributed by atoms with Gasteiger partial charge in [0, 0.05) is 6.26 Å². The van der Waals surface area contributed by atoms with Crippen molar-refractivity contribution in [2.45, 2.75) is 11.4 Å². The fourth-order valence-corrected chi connectivity index (χ4v) is 2.24. The molecule has 6 heteroatoms. The van der Waals surface area contributed by atoms with E-state index in [1.165, 1.54) is 18.2 Å². The van der Waals surface area contributed by atoms with E-state index in [4.69, 9.17) is 0 Å². The van der Waals surface area contributed by atoms with Crippen LogP contribution in [0, 0.1) is 5.82 Å². The van der Waals surface area contributed by atoms with Crippen molar-refractivity contribution in [3.05, 3.63) is 29.6 Å². The van der Waals surface area contributed by atoms with Crippen molar-refractivity contribution in [1.82, 2.24) is 0 Å². The summed E-state index contributed by atoms with van der Waals surface area (Å²) in [5.41, 5.74) is 0.154. The van der Waals surface area contributed by atoms with Crippen LogP contribution in [0.1, 0.15) is 5.56 Å². The normalized spacial score (nSPS) is 10.8. The molecule has 1 aromatic rings. The standard InChI is InChI=1S/C9H8FNO3S/c1-15(13,14)9-7(5-11-6-12)3-2-4-8(9)10/h2-4H,5H2,1H3. The molecule has 0 fully saturated rings. The lowest BCUT2D eigenvalue weighted by Gasteiger charge is -2.05. The molecule has 0 bridgehead atoms. The predicted octanol–water partition coefficient (Wildman–Crippen LogP) is 1.06. The second-order valence-corrected chi connectivity index (χ2v) is 4.86.